The van der Waals surface area contributed by atoms with Crippen LogP contribution in [0.2, 0.25) is 0 Å². The van der Waals surface area contributed by atoms with Crippen molar-refractivity contribution in [2.45, 2.75) is 56.5 Å². The molecule has 5 heteroatoms. The van der Waals surface area contributed by atoms with Crippen LogP contribution in [-0.4, -0.2) is 61.5 Å². The zero-order chi connectivity index (χ0) is 16.5. The molecule has 0 aromatic rings. The molecule has 0 spiro atoms. The number of carbonyl (C=O) groups is 2. The van der Waals surface area contributed by atoms with Gasteiger partial charge in [0.05, 0.1) is 12.0 Å². The monoisotopic (exact) mass is 333 g/mol. The summed E-state index contributed by atoms with van der Waals surface area (Å²) < 4.78 is 0. The smallest absolute Gasteiger partial charge is 0.287 e. The van der Waals surface area contributed by atoms with Gasteiger partial charge in [-0.2, -0.15) is 0 Å². The number of hydrogen-bond acceptors (Lipinski definition) is 2. The molecule has 2 N–H and O–H groups in total. The predicted molar refractivity (Wildman–Crippen MR) is 88.5 cm³/mol. The third-order valence-electron chi connectivity index (χ3n) is 8.16. The molecule has 0 aromatic heterocycles. The second-order valence-electron chi connectivity index (χ2n) is 9.51. The van der Waals surface area contributed by atoms with Crippen molar-refractivity contribution in [3.05, 3.63) is 0 Å². The van der Waals surface area contributed by atoms with Crippen molar-refractivity contribution >= 4 is 11.8 Å². The summed E-state index contributed by atoms with van der Waals surface area (Å²) in [6.45, 7) is 4.52. The summed E-state index contributed by atoms with van der Waals surface area (Å²) in [4.78, 5) is 28.7. The van der Waals surface area contributed by atoms with Crippen LogP contribution in [0.25, 0.3) is 0 Å². The number of likely N-dealkylation sites (N-methyl/N-ethyl adjacent to an activating group) is 1. The van der Waals surface area contributed by atoms with Crippen LogP contribution in [0.5, 0.6) is 0 Å². The summed E-state index contributed by atoms with van der Waals surface area (Å²) in [7, 11) is 1.64. The van der Waals surface area contributed by atoms with Gasteiger partial charge in [-0.1, -0.05) is 0 Å². The molecule has 5 nitrogen and oxygen atoms in total. The molecule has 2 amide bonds. The highest BCUT2D eigenvalue weighted by atomic mass is 16.2. The Kier molecular flexibility index (Phi) is 3.37. The van der Waals surface area contributed by atoms with E-state index in [2.05, 4.69) is 0 Å². The Morgan fingerprint density at radius 2 is 1.46 bits per heavy atom. The summed E-state index contributed by atoms with van der Waals surface area (Å²) in [5, 5.41) is 0. The fraction of sp³-hybridized carbons (Fsp3) is 0.895. The van der Waals surface area contributed by atoms with Crippen LogP contribution in [0.3, 0.4) is 0 Å². The maximum absolute atomic E-state index is 12.3. The molecule has 24 heavy (non-hydrogen) atoms. The third-order valence-corrected chi connectivity index (χ3v) is 8.16. The highest BCUT2D eigenvalue weighted by molar-refractivity contribution is 6.04. The van der Waals surface area contributed by atoms with E-state index in [1.165, 1.54) is 61.4 Å². The first-order valence-corrected chi connectivity index (χ1v) is 10.0. The van der Waals surface area contributed by atoms with Crippen LogP contribution < -0.4 is 9.80 Å². The van der Waals surface area contributed by atoms with Crippen LogP contribution in [0.15, 0.2) is 0 Å². The summed E-state index contributed by atoms with van der Waals surface area (Å²) in [5.41, 5.74) is 0.576. The maximum Gasteiger partial charge on any atom is 0.287 e. The van der Waals surface area contributed by atoms with Crippen molar-refractivity contribution in [3.8, 4) is 0 Å². The van der Waals surface area contributed by atoms with Crippen LogP contribution in [-0.2, 0) is 9.59 Å². The van der Waals surface area contributed by atoms with Gasteiger partial charge in [-0.05, 0) is 37.0 Å². The van der Waals surface area contributed by atoms with E-state index in [1.807, 2.05) is 4.90 Å². The van der Waals surface area contributed by atoms with E-state index in [1.54, 1.807) is 7.05 Å². The lowest BCUT2D eigenvalue weighted by atomic mass is 9.52. The SMILES string of the molecule is CN1C(=O)C[C@H]([NH+]2CC[NH+](C34CC5CC(CC(C5)C3)C4)CC2)C1=O. The van der Waals surface area contributed by atoms with Gasteiger partial charge in [0.2, 0.25) is 5.91 Å². The lowest BCUT2D eigenvalue weighted by molar-refractivity contribution is -1.05. The summed E-state index contributed by atoms with van der Waals surface area (Å²) in [6.07, 6.45) is 9.35. The van der Waals surface area contributed by atoms with E-state index in [9.17, 15) is 9.59 Å². The average Bonchev–Trinajstić information content (AvgIpc) is 2.81. The normalized spacial score (nSPS) is 50.8. The topological polar surface area (TPSA) is 46.3 Å². The van der Waals surface area contributed by atoms with Gasteiger partial charge >= 0.3 is 0 Å². The van der Waals surface area contributed by atoms with Crippen LogP contribution in [0.1, 0.15) is 44.9 Å². The first-order valence-electron chi connectivity index (χ1n) is 10.0. The fourth-order valence-electron chi connectivity index (χ4n) is 7.37. The molecule has 2 aliphatic heterocycles. The number of likely N-dealkylation sites (tertiary alicyclic amines) is 1. The van der Waals surface area contributed by atoms with E-state index >= 15 is 0 Å². The zero-order valence-electron chi connectivity index (χ0n) is 14.9. The maximum atomic E-state index is 12.3. The molecule has 2 heterocycles. The number of nitrogens with one attached hydrogen (secondary N) is 2. The zero-order valence-corrected chi connectivity index (χ0v) is 14.9. The Hall–Kier alpha value is -0.940. The van der Waals surface area contributed by atoms with E-state index in [-0.39, 0.29) is 17.9 Å². The number of rotatable bonds is 2. The number of hydrogen-bond donors (Lipinski definition) is 2. The van der Waals surface area contributed by atoms with Gasteiger partial charge in [0, 0.05) is 26.3 Å². The quantitative estimate of drug-likeness (QED) is 0.604. The van der Waals surface area contributed by atoms with Crippen molar-refractivity contribution in [1.29, 1.82) is 0 Å². The Labute approximate surface area is 144 Å². The Bertz CT molecular complexity index is 532. The fourth-order valence-corrected chi connectivity index (χ4v) is 7.37. The molecule has 6 fully saturated rings. The Morgan fingerprint density at radius 1 is 0.917 bits per heavy atom. The van der Waals surface area contributed by atoms with Gasteiger partial charge in [0.25, 0.3) is 5.91 Å². The molecule has 6 rings (SSSR count). The molecule has 4 saturated carbocycles. The highest BCUT2D eigenvalue weighted by Gasteiger charge is 2.57. The van der Waals surface area contributed by atoms with Gasteiger partial charge in [0.15, 0.2) is 6.04 Å². The molecule has 0 radical (unpaired) electrons. The minimum Gasteiger partial charge on any atom is -0.321 e. The molecule has 6 aliphatic rings. The molecular formula is C19H31N3O2+2. The van der Waals surface area contributed by atoms with Crippen molar-refractivity contribution < 1.29 is 19.4 Å². The average molecular weight is 333 g/mol. The van der Waals surface area contributed by atoms with Crippen LogP contribution in [0, 0.1) is 17.8 Å². The van der Waals surface area contributed by atoms with Gasteiger partial charge in [0.1, 0.15) is 26.2 Å². The van der Waals surface area contributed by atoms with Crippen molar-refractivity contribution in [1.82, 2.24) is 4.90 Å². The number of nitrogens with zero attached hydrogens (tertiary/aromatic N) is 1. The standard InChI is InChI=1S/C19H29N3O2/c1-20-17(23)9-16(18(20)24)21-2-4-22(5-3-21)19-10-13-6-14(11-19)8-15(7-13)12-19/h13-16H,2-12H2,1H3/p+2/t13?,14?,15?,16-,19?/m0/s1. The second-order valence-corrected chi connectivity index (χ2v) is 9.51. The number of amides is 2. The largest absolute Gasteiger partial charge is 0.321 e. The van der Waals surface area contributed by atoms with E-state index < -0.39 is 0 Å². The van der Waals surface area contributed by atoms with Gasteiger partial charge in [-0.3, -0.25) is 14.5 Å². The van der Waals surface area contributed by atoms with Crippen LogP contribution in [0.4, 0.5) is 0 Å². The lowest BCUT2D eigenvalue weighted by Gasteiger charge is -2.58. The number of carbonyl (C=O) groups excluding carboxylic acids is 2. The van der Waals surface area contributed by atoms with Crippen LogP contribution >= 0.6 is 0 Å². The Morgan fingerprint density at radius 3 is 1.92 bits per heavy atom. The number of quaternary nitrogens is 2. The minimum absolute atomic E-state index is 0.00774. The van der Waals surface area contributed by atoms with Gasteiger partial charge in [-0.15, -0.1) is 0 Å². The number of imide groups is 1. The Balaban J connectivity index is 1.26. The minimum atomic E-state index is -0.0968. The van der Waals surface area contributed by atoms with Crippen molar-refractivity contribution in [2.75, 3.05) is 33.2 Å². The first-order chi connectivity index (χ1) is 11.5. The molecule has 1 atom stereocenters. The van der Waals surface area contributed by atoms with E-state index in [0.717, 1.165) is 30.8 Å². The van der Waals surface area contributed by atoms with Gasteiger partial charge < -0.3 is 9.80 Å². The number of piperazine rings is 1. The van der Waals surface area contributed by atoms with Crippen molar-refractivity contribution in [2.24, 2.45) is 17.8 Å². The molecule has 132 valence electrons. The molecule has 4 bridgehead atoms. The summed E-state index contributed by atoms with van der Waals surface area (Å²) in [6, 6.07) is -0.0968. The second kappa shape index (κ2) is 5.28. The summed E-state index contributed by atoms with van der Waals surface area (Å²) in [5.74, 6) is 3.09. The van der Waals surface area contributed by atoms with Gasteiger partial charge in [-0.25, -0.2) is 0 Å². The van der Waals surface area contributed by atoms with E-state index in [4.69, 9.17) is 0 Å². The lowest BCUT2D eigenvalue weighted by Crippen LogP contribution is -3.33. The third kappa shape index (κ3) is 2.20. The van der Waals surface area contributed by atoms with Crippen molar-refractivity contribution in [3.63, 3.8) is 0 Å². The predicted octanol–water partition coefficient (Wildman–Crippen LogP) is -1.50. The molecule has 0 aromatic carbocycles. The highest BCUT2D eigenvalue weighted by Crippen LogP contribution is 2.54. The first kappa shape index (κ1) is 15.3. The molecule has 4 aliphatic carbocycles. The van der Waals surface area contributed by atoms with E-state index in [0.29, 0.717) is 12.0 Å². The molecule has 0 unspecified atom stereocenters. The summed E-state index contributed by atoms with van der Waals surface area (Å²) >= 11 is 0. The molecule has 2 saturated heterocycles. The molecular weight excluding hydrogens is 302 g/mol.